The molecule has 0 spiro atoms. The molecule has 27 heavy (non-hydrogen) atoms. The van der Waals surface area contributed by atoms with Crippen molar-refractivity contribution < 1.29 is 13.2 Å². The lowest BCUT2D eigenvalue weighted by Crippen LogP contribution is -2.55. The predicted octanol–water partition coefficient (Wildman–Crippen LogP) is 2.75. The van der Waals surface area contributed by atoms with Crippen LogP contribution in [-0.2, 0) is 9.84 Å². The molecule has 1 aromatic rings. The van der Waals surface area contributed by atoms with Crippen LogP contribution < -0.4 is 5.32 Å². The Labute approximate surface area is 162 Å². The minimum atomic E-state index is -3.09. The molecule has 0 saturated carbocycles. The van der Waals surface area contributed by atoms with E-state index in [4.69, 9.17) is 0 Å². The molecular weight excluding hydrogens is 362 g/mol. The molecule has 3 rings (SSSR count). The van der Waals surface area contributed by atoms with Crippen LogP contribution >= 0.6 is 0 Å². The lowest BCUT2D eigenvalue weighted by Gasteiger charge is -2.40. The number of sulfone groups is 1. The van der Waals surface area contributed by atoms with E-state index in [1.165, 1.54) is 0 Å². The number of urea groups is 1. The van der Waals surface area contributed by atoms with E-state index in [0.29, 0.717) is 38.4 Å². The van der Waals surface area contributed by atoms with E-state index < -0.39 is 9.84 Å². The number of nitrogens with zero attached hydrogens (tertiary/aromatic N) is 2. The van der Waals surface area contributed by atoms with Crippen molar-refractivity contribution in [1.29, 1.82) is 0 Å². The summed E-state index contributed by atoms with van der Waals surface area (Å²) in [5.41, 5.74) is 1.82. The van der Waals surface area contributed by atoms with Crippen molar-refractivity contribution in [2.24, 2.45) is 5.92 Å². The predicted molar refractivity (Wildman–Crippen MR) is 109 cm³/mol. The number of hydrogen-bond donors (Lipinski definition) is 1. The van der Waals surface area contributed by atoms with Gasteiger partial charge in [-0.3, -0.25) is 4.90 Å². The van der Waals surface area contributed by atoms with Crippen molar-refractivity contribution in [2.75, 3.05) is 37.2 Å². The maximum Gasteiger partial charge on any atom is 0.321 e. The standard InChI is InChI=1S/C20H31N3O3S/c1-15(2)14-23-12-13-27(25,26)19-9-11-22(10-8-18(19)23)20(24)21-17-7-5-4-6-16(17)3/h4-7,15,18-19H,8-14H2,1-3H3,(H,21,24)/t18-,19+/m0/s1. The fraction of sp³-hybridized carbons (Fsp3) is 0.650. The molecule has 0 bridgehead atoms. The van der Waals surface area contributed by atoms with Crippen molar-refractivity contribution in [1.82, 2.24) is 9.80 Å². The SMILES string of the molecule is Cc1ccccc1NC(=O)N1CC[C@@H]2[C@H](CC1)N(CC(C)C)CCS2(=O)=O. The number of fused-ring (bicyclic) bond motifs is 1. The van der Waals surface area contributed by atoms with Gasteiger partial charge in [0.25, 0.3) is 0 Å². The Morgan fingerprint density at radius 2 is 1.89 bits per heavy atom. The summed E-state index contributed by atoms with van der Waals surface area (Å²) < 4.78 is 25.3. The number of carbonyl (C=O) groups is 1. The van der Waals surface area contributed by atoms with Gasteiger partial charge in [-0.2, -0.15) is 0 Å². The number of rotatable bonds is 3. The van der Waals surface area contributed by atoms with Crippen LogP contribution in [0.5, 0.6) is 0 Å². The Morgan fingerprint density at radius 3 is 2.59 bits per heavy atom. The largest absolute Gasteiger partial charge is 0.324 e. The second-order valence-corrected chi connectivity index (χ2v) is 10.5. The third-order valence-electron chi connectivity index (χ3n) is 5.67. The number of likely N-dealkylation sites (tertiary alicyclic amines) is 1. The second-order valence-electron chi connectivity index (χ2n) is 8.17. The van der Waals surface area contributed by atoms with Crippen LogP contribution in [0.3, 0.4) is 0 Å². The monoisotopic (exact) mass is 393 g/mol. The van der Waals surface area contributed by atoms with Gasteiger partial charge in [0.05, 0.1) is 11.0 Å². The van der Waals surface area contributed by atoms with Crippen LogP contribution in [0.1, 0.15) is 32.3 Å². The Bertz CT molecular complexity index is 778. The van der Waals surface area contributed by atoms with Gasteiger partial charge in [-0.25, -0.2) is 13.2 Å². The molecule has 0 aliphatic carbocycles. The van der Waals surface area contributed by atoms with Gasteiger partial charge in [0.2, 0.25) is 0 Å². The van der Waals surface area contributed by atoms with Gasteiger partial charge in [0.1, 0.15) is 0 Å². The molecule has 7 heteroatoms. The van der Waals surface area contributed by atoms with Crippen molar-refractivity contribution in [3.63, 3.8) is 0 Å². The molecule has 0 radical (unpaired) electrons. The number of nitrogens with one attached hydrogen (secondary N) is 1. The van der Waals surface area contributed by atoms with Gasteiger partial charge in [0, 0.05) is 37.9 Å². The molecule has 2 aliphatic rings. The summed E-state index contributed by atoms with van der Waals surface area (Å²) in [6.45, 7) is 8.87. The molecule has 1 N–H and O–H groups in total. The molecule has 0 unspecified atom stereocenters. The van der Waals surface area contributed by atoms with Crippen LogP contribution in [0.2, 0.25) is 0 Å². The smallest absolute Gasteiger partial charge is 0.321 e. The zero-order valence-corrected chi connectivity index (χ0v) is 17.3. The van der Waals surface area contributed by atoms with E-state index in [1.807, 2.05) is 31.2 Å². The zero-order valence-electron chi connectivity index (χ0n) is 16.5. The Hall–Kier alpha value is -1.60. The molecule has 2 aliphatic heterocycles. The third-order valence-corrected chi connectivity index (χ3v) is 7.90. The first-order valence-corrected chi connectivity index (χ1v) is 11.6. The lowest BCUT2D eigenvalue weighted by molar-refractivity contribution is 0.161. The van der Waals surface area contributed by atoms with E-state index >= 15 is 0 Å². The average molecular weight is 394 g/mol. The highest BCUT2D eigenvalue weighted by Gasteiger charge is 2.43. The number of amides is 2. The third kappa shape index (κ3) is 4.63. The van der Waals surface area contributed by atoms with Crippen molar-refractivity contribution in [3.8, 4) is 0 Å². The number of benzene rings is 1. The van der Waals surface area contributed by atoms with E-state index in [0.717, 1.165) is 17.8 Å². The molecular formula is C20H31N3O3S. The van der Waals surface area contributed by atoms with E-state index in [2.05, 4.69) is 24.1 Å². The van der Waals surface area contributed by atoms with Gasteiger partial charge >= 0.3 is 6.03 Å². The van der Waals surface area contributed by atoms with Crippen LogP contribution in [0.4, 0.5) is 10.5 Å². The molecule has 2 atom stereocenters. The molecule has 2 fully saturated rings. The second kappa shape index (κ2) is 8.19. The topological polar surface area (TPSA) is 69.7 Å². The number of carbonyl (C=O) groups excluding carboxylic acids is 1. The summed E-state index contributed by atoms with van der Waals surface area (Å²) in [6.07, 6.45) is 1.22. The molecule has 0 aromatic heterocycles. The Morgan fingerprint density at radius 1 is 1.19 bits per heavy atom. The number of aryl methyl sites for hydroxylation is 1. The first-order valence-electron chi connectivity index (χ1n) is 9.85. The van der Waals surface area contributed by atoms with E-state index in [9.17, 15) is 13.2 Å². The van der Waals surface area contributed by atoms with Crippen LogP contribution in [0.25, 0.3) is 0 Å². The summed E-state index contributed by atoms with van der Waals surface area (Å²) in [6, 6.07) is 7.56. The molecule has 150 valence electrons. The van der Waals surface area contributed by atoms with Crippen LogP contribution in [0, 0.1) is 12.8 Å². The average Bonchev–Trinajstić information content (AvgIpc) is 2.83. The maximum atomic E-state index is 12.8. The molecule has 2 amide bonds. The number of anilines is 1. The first-order chi connectivity index (χ1) is 12.8. The summed E-state index contributed by atoms with van der Waals surface area (Å²) in [5.74, 6) is 0.728. The summed E-state index contributed by atoms with van der Waals surface area (Å²) in [7, 11) is -3.09. The maximum absolute atomic E-state index is 12.8. The van der Waals surface area contributed by atoms with Crippen LogP contribution in [-0.4, -0.2) is 67.5 Å². The Kier molecular flexibility index (Phi) is 6.11. The van der Waals surface area contributed by atoms with Gasteiger partial charge in [-0.15, -0.1) is 0 Å². The molecule has 6 nitrogen and oxygen atoms in total. The summed E-state index contributed by atoms with van der Waals surface area (Å²) >= 11 is 0. The van der Waals surface area contributed by atoms with Gasteiger partial charge in [-0.1, -0.05) is 32.0 Å². The molecule has 2 heterocycles. The molecule has 1 aromatic carbocycles. The highest BCUT2D eigenvalue weighted by Crippen LogP contribution is 2.29. The lowest BCUT2D eigenvalue weighted by atomic mass is 10.0. The zero-order chi connectivity index (χ0) is 19.6. The normalized spacial score (nSPS) is 25.7. The Balaban J connectivity index is 1.72. The quantitative estimate of drug-likeness (QED) is 0.857. The highest BCUT2D eigenvalue weighted by molar-refractivity contribution is 7.92. The number of para-hydroxylation sites is 1. The fourth-order valence-electron chi connectivity index (χ4n) is 4.27. The van der Waals surface area contributed by atoms with Crippen LogP contribution in [0.15, 0.2) is 24.3 Å². The first kappa shape index (κ1) is 20.1. The number of hydrogen-bond acceptors (Lipinski definition) is 4. The van der Waals surface area contributed by atoms with Gasteiger partial charge < -0.3 is 10.2 Å². The fourth-order valence-corrected chi connectivity index (χ4v) is 6.31. The highest BCUT2D eigenvalue weighted by atomic mass is 32.2. The summed E-state index contributed by atoms with van der Waals surface area (Å²) in [5, 5.41) is 2.62. The molecule has 2 saturated heterocycles. The van der Waals surface area contributed by atoms with E-state index in [1.54, 1.807) is 4.90 Å². The van der Waals surface area contributed by atoms with Gasteiger partial charge in [-0.05, 0) is 37.3 Å². The van der Waals surface area contributed by atoms with Crippen molar-refractivity contribution in [2.45, 2.75) is 44.9 Å². The minimum Gasteiger partial charge on any atom is -0.324 e. The van der Waals surface area contributed by atoms with Crippen molar-refractivity contribution >= 4 is 21.6 Å². The van der Waals surface area contributed by atoms with E-state index in [-0.39, 0.29) is 23.1 Å². The minimum absolute atomic E-state index is 0.0161. The summed E-state index contributed by atoms with van der Waals surface area (Å²) in [4.78, 5) is 16.9. The van der Waals surface area contributed by atoms with Crippen molar-refractivity contribution in [3.05, 3.63) is 29.8 Å². The van der Waals surface area contributed by atoms with Gasteiger partial charge in [0.15, 0.2) is 9.84 Å².